The van der Waals surface area contributed by atoms with Crippen molar-refractivity contribution in [2.24, 2.45) is 0 Å². The molecular formula is C23H21ClN4O5S. The van der Waals surface area contributed by atoms with Gasteiger partial charge in [0.15, 0.2) is 28.7 Å². The minimum atomic E-state index is -4.02. The molecule has 9 nitrogen and oxygen atoms in total. The van der Waals surface area contributed by atoms with E-state index in [9.17, 15) is 8.42 Å². The summed E-state index contributed by atoms with van der Waals surface area (Å²) in [5, 5.41) is 0.338. The van der Waals surface area contributed by atoms with Crippen LogP contribution in [0.1, 0.15) is 11.1 Å². The number of nitrogens with one attached hydrogen (secondary N) is 1. The van der Waals surface area contributed by atoms with Crippen LogP contribution in [0.25, 0.3) is 11.2 Å². The lowest BCUT2D eigenvalue weighted by Crippen LogP contribution is -2.16. The maximum absolute atomic E-state index is 13.2. The minimum Gasteiger partial charge on any atom is -0.493 e. The fourth-order valence-electron chi connectivity index (χ4n) is 3.26. The molecule has 0 aliphatic carbocycles. The number of nitrogens with zero attached hydrogens (tertiary/aromatic N) is 3. The van der Waals surface area contributed by atoms with Crippen LogP contribution < -0.4 is 18.9 Å². The zero-order chi connectivity index (χ0) is 24.3. The van der Waals surface area contributed by atoms with Gasteiger partial charge in [-0.05, 0) is 42.3 Å². The van der Waals surface area contributed by atoms with Crippen molar-refractivity contribution >= 4 is 38.6 Å². The Balaban J connectivity index is 1.70. The van der Waals surface area contributed by atoms with E-state index in [0.29, 0.717) is 27.6 Å². The average molecular weight is 501 g/mol. The van der Waals surface area contributed by atoms with E-state index in [0.717, 1.165) is 5.56 Å². The van der Waals surface area contributed by atoms with Gasteiger partial charge in [0.05, 0.1) is 19.1 Å². The Morgan fingerprint density at radius 2 is 1.74 bits per heavy atom. The molecule has 11 heteroatoms. The molecule has 0 fully saturated rings. The first kappa shape index (κ1) is 23.5. The first-order valence-corrected chi connectivity index (χ1v) is 11.9. The van der Waals surface area contributed by atoms with Gasteiger partial charge in [-0.3, -0.25) is 9.71 Å². The third-order valence-corrected chi connectivity index (χ3v) is 6.90. The highest BCUT2D eigenvalue weighted by atomic mass is 35.5. The number of benzene rings is 2. The summed E-state index contributed by atoms with van der Waals surface area (Å²) in [6.45, 7) is 1.74. The van der Waals surface area contributed by atoms with Gasteiger partial charge in [-0.15, -0.1) is 0 Å². The number of pyridine rings is 1. The second kappa shape index (κ2) is 9.70. The number of rotatable bonds is 8. The van der Waals surface area contributed by atoms with Crippen molar-refractivity contribution in [3.63, 3.8) is 0 Å². The summed E-state index contributed by atoms with van der Waals surface area (Å²) >= 11 is 6.13. The molecule has 0 bridgehead atoms. The molecule has 176 valence electrons. The number of ether oxygens (including phenoxy) is 3. The Labute approximate surface area is 201 Å². The zero-order valence-electron chi connectivity index (χ0n) is 18.6. The van der Waals surface area contributed by atoms with Gasteiger partial charge in [0.1, 0.15) is 12.1 Å². The van der Waals surface area contributed by atoms with Crippen LogP contribution in [-0.2, 0) is 16.6 Å². The molecule has 0 aliphatic heterocycles. The van der Waals surface area contributed by atoms with Gasteiger partial charge in [-0.2, -0.15) is 0 Å². The van der Waals surface area contributed by atoms with Crippen LogP contribution in [0.2, 0.25) is 5.02 Å². The molecule has 2 aromatic heterocycles. The Kier molecular flexibility index (Phi) is 6.71. The summed E-state index contributed by atoms with van der Waals surface area (Å²) in [5.41, 5.74) is 1.91. The molecular weight excluding hydrogens is 480 g/mol. The Hall–Kier alpha value is -3.63. The van der Waals surface area contributed by atoms with E-state index in [1.807, 2.05) is 6.07 Å². The van der Waals surface area contributed by atoms with Crippen molar-refractivity contribution in [3.8, 4) is 17.2 Å². The molecule has 0 saturated heterocycles. The maximum atomic E-state index is 13.2. The van der Waals surface area contributed by atoms with E-state index in [1.54, 1.807) is 51.5 Å². The van der Waals surface area contributed by atoms with Crippen molar-refractivity contribution in [3.05, 3.63) is 71.0 Å². The average Bonchev–Trinajstić information content (AvgIpc) is 2.83. The van der Waals surface area contributed by atoms with E-state index in [2.05, 4.69) is 19.7 Å². The normalized spacial score (nSPS) is 11.3. The lowest BCUT2D eigenvalue weighted by Gasteiger charge is -2.15. The Morgan fingerprint density at radius 3 is 2.50 bits per heavy atom. The van der Waals surface area contributed by atoms with Gasteiger partial charge in [0, 0.05) is 23.5 Å². The van der Waals surface area contributed by atoms with Gasteiger partial charge in [0.25, 0.3) is 10.0 Å². The fraction of sp³-hybridized carbons (Fsp3) is 0.174. The lowest BCUT2D eigenvalue weighted by molar-refractivity contribution is 0.305. The van der Waals surface area contributed by atoms with E-state index in [1.165, 1.54) is 18.5 Å². The maximum Gasteiger partial charge on any atom is 0.263 e. The van der Waals surface area contributed by atoms with Gasteiger partial charge in [0.2, 0.25) is 0 Å². The number of halogens is 1. The molecule has 0 spiro atoms. The van der Waals surface area contributed by atoms with Crippen molar-refractivity contribution in [2.45, 2.75) is 18.4 Å². The van der Waals surface area contributed by atoms with Gasteiger partial charge >= 0.3 is 0 Å². The molecule has 0 unspecified atom stereocenters. The van der Waals surface area contributed by atoms with E-state index in [4.69, 9.17) is 25.8 Å². The molecule has 1 N–H and O–H groups in total. The number of anilines is 1. The van der Waals surface area contributed by atoms with Crippen LogP contribution in [0.15, 0.2) is 59.8 Å². The number of hydrogen-bond donors (Lipinski definition) is 1. The Morgan fingerprint density at radius 1 is 0.971 bits per heavy atom. The van der Waals surface area contributed by atoms with Crippen LogP contribution in [0.3, 0.4) is 0 Å². The standard InChI is InChI=1S/C23H21ClN4O5S/c1-14-16(24)5-4-6-21(14)34(29,30)28-23-20(12-17-22(27-23)26-10-9-25-17)33-13-15-7-8-18(31-2)19(11-15)32-3/h4-12H,13H2,1-3H3,(H,26,27,28). The molecule has 4 aromatic rings. The predicted molar refractivity (Wildman–Crippen MR) is 128 cm³/mol. The van der Waals surface area contributed by atoms with Gasteiger partial charge in [-0.1, -0.05) is 23.7 Å². The largest absolute Gasteiger partial charge is 0.493 e. The van der Waals surface area contributed by atoms with Crippen molar-refractivity contribution < 1.29 is 22.6 Å². The molecule has 0 atom stereocenters. The highest BCUT2D eigenvalue weighted by Gasteiger charge is 2.22. The molecule has 0 saturated carbocycles. The number of sulfonamides is 1. The van der Waals surface area contributed by atoms with Crippen LogP contribution in [0.5, 0.6) is 17.2 Å². The molecule has 0 radical (unpaired) electrons. The van der Waals surface area contributed by atoms with Crippen molar-refractivity contribution in [1.29, 1.82) is 0 Å². The summed E-state index contributed by atoms with van der Waals surface area (Å²) in [4.78, 5) is 12.8. The van der Waals surface area contributed by atoms with E-state index < -0.39 is 10.0 Å². The summed E-state index contributed by atoms with van der Waals surface area (Å²) in [5.74, 6) is 1.29. The van der Waals surface area contributed by atoms with Gasteiger partial charge in [-0.25, -0.2) is 18.4 Å². The van der Waals surface area contributed by atoms with Gasteiger partial charge < -0.3 is 14.2 Å². The highest BCUT2D eigenvalue weighted by molar-refractivity contribution is 7.92. The highest BCUT2D eigenvalue weighted by Crippen LogP contribution is 2.32. The van der Waals surface area contributed by atoms with Crippen LogP contribution in [0, 0.1) is 6.92 Å². The minimum absolute atomic E-state index is 0.0205. The topological polar surface area (TPSA) is 113 Å². The summed E-state index contributed by atoms with van der Waals surface area (Å²) in [7, 11) is -0.930. The number of methoxy groups -OCH3 is 2. The molecule has 34 heavy (non-hydrogen) atoms. The molecule has 2 aromatic carbocycles. The molecule has 0 amide bonds. The van der Waals surface area contributed by atoms with Crippen LogP contribution in [0.4, 0.5) is 5.82 Å². The summed E-state index contributed by atoms with van der Waals surface area (Å²) in [6.07, 6.45) is 2.99. The second-order valence-electron chi connectivity index (χ2n) is 7.18. The lowest BCUT2D eigenvalue weighted by atomic mass is 10.2. The number of hydrogen-bond acceptors (Lipinski definition) is 8. The van der Waals surface area contributed by atoms with Crippen LogP contribution >= 0.6 is 11.6 Å². The smallest absolute Gasteiger partial charge is 0.263 e. The number of aromatic nitrogens is 3. The molecule has 2 heterocycles. The predicted octanol–water partition coefficient (Wildman–Crippen LogP) is 4.38. The second-order valence-corrected chi connectivity index (χ2v) is 9.24. The van der Waals surface area contributed by atoms with E-state index >= 15 is 0 Å². The third-order valence-electron chi connectivity index (χ3n) is 5.01. The zero-order valence-corrected chi connectivity index (χ0v) is 20.1. The number of fused-ring (bicyclic) bond motifs is 1. The van der Waals surface area contributed by atoms with Crippen LogP contribution in [-0.4, -0.2) is 37.6 Å². The van der Waals surface area contributed by atoms with Crippen molar-refractivity contribution in [1.82, 2.24) is 15.0 Å². The molecule has 0 aliphatic rings. The molecule has 4 rings (SSSR count). The first-order chi connectivity index (χ1) is 16.3. The fourth-order valence-corrected chi connectivity index (χ4v) is 4.77. The monoisotopic (exact) mass is 500 g/mol. The Bertz CT molecular complexity index is 1460. The summed E-state index contributed by atoms with van der Waals surface area (Å²) in [6, 6.07) is 11.6. The first-order valence-electron chi connectivity index (χ1n) is 10.1. The van der Waals surface area contributed by atoms with Crippen molar-refractivity contribution in [2.75, 3.05) is 18.9 Å². The SMILES string of the molecule is COc1ccc(COc2cc3nccnc3nc2NS(=O)(=O)c2cccc(Cl)c2C)cc1OC. The third kappa shape index (κ3) is 4.82. The van der Waals surface area contributed by atoms with E-state index in [-0.39, 0.29) is 28.7 Å². The summed E-state index contributed by atoms with van der Waals surface area (Å²) < 4.78 is 45.4. The quantitative estimate of drug-likeness (QED) is 0.379.